The highest BCUT2D eigenvalue weighted by Gasteiger charge is 2.38. The number of anilines is 1. The summed E-state index contributed by atoms with van der Waals surface area (Å²) in [7, 11) is 5.02. The Morgan fingerprint density at radius 2 is 1.28 bits per heavy atom. The summed E-state index contributed by atoms with van der Waals surface area (Å²) in [5, 5.41) is 55.4. The molecule has 33 nitrogen and oxygen atoms in total. The molecule has 11 atom stereocenters. The van der Waals surface area contributed by atoms with Gasteiger partial charge in [0.2, 0.25) is 59.1 Å². The maximum Gasteiger partial charge on any atom is 0.349 e. The van der Waals surface area contributed by atoms with Gasteiger partial charge in [0.25, 0.3) is 5.91 Å². The number of nitrogens with one attached hydrogen (secondary N) is 11. The zero-order valence-electron chi connectivity index (χ0n) is 63.4. The molecule has 608 valence electrons. The number of nitrogens with two attached hydrogens (primary N) is 4. The summed E-state index contributed by atoms with van der Waals surface area (Å²) in [6.07, 6.45) is 0.353. The lowest BCUT2D eigenvalue weighted by Gasteiger charge is -2.28. The molecule has 0 spiro atoms. The average Bonchev–Trinajstić information content (AvgIpc) is 1.57. The molecular formula is C76H100FN19O14S3. The molecule has 4 aromatic carbocycles. The number of rotatable bonds is 30. The predicted octanol–water partition coefficient (Wildman–Crippen LogP) is 0.566. The van der Waals surface area contributed by atoms with Crippen molar-refractivity contribution >= 4 is 133 Å². The summed E-state index contributed by atoms with van der Waals surface area (Å²) in [5.74, 6) is -11.0. The molecule has 1 saturated heterocycles. The van der Waals surface area contributed by atoms with E-state index in [1.807, 2.05) is 12.1 Å². The van der Waals surface area contributed by atoms with Gasteiger partial charge in [-0.05, 0) is 156 Å². The van der Waals surface area contributed by atoms with Crippen LogP contribution >= 0.6 is 33.3 Å². The van der Waals surface area contributed by atoms with E-state index in [0.717, 1.165) is 31.2 Å². The van der Waals surface area contributed by atoms with Gasteiger partial charge in [0.1, 0.15) is 60.2 Å². The van der Waals surface area contributed by atoms with Crippen LogP contribution in [-0.4, -0.2) is 215 Å². The van der Waals surface area contributed by atoms with Crippen LogP contribution in [0.4, 0.5) is 14.9 Å². The number of benzene rings is 4. The van der Waals surface area contributed by atoms with Gasteiger partial charge in [-0.3, -0.25) is 62.6 Å². The van der Waals surface area contributed by atoms with Crippen LogP contribution in [0.1, 0.15) is 99.1 Å². The number of hydrogen-bond donors (Lipinski definition) is 17. The SMILES string of the molecule is CNC(=O)c1ccccc1Sc1ccc2c(/C=C/c3ccccn3)nn(C(=O)N(C)c3c(F)cccc3CSSCC(=O)N[C@H](C(=O)N[C@@H](CCN)C(=O)N[C@H]3CCNC(=O)[C@H]([C@@H](C)O)NC(=O)[C@H](CCN)NC(=O)[C@H](CCN)NC(=O)[C@H](CC(C)C)NC(=O)[C@@H](Cc4ccccc4)NC(=O)[C@H](CCN)NC3=O)[C@@H](C)O)c2c1. The van der Waals surface area contributed by atoms with Gasteiger partial charge in [-0.1, -0.05) is 108 Å². The van der Waals surface area contributed by atoms with Gasteiger partial charge in [0, 0.05) is 54.2 Å². The Kier molecular flexibility index (Phi) is 35.6. The summed E-state index contributed by atoms with van der Waals surface area (Å²) in [6.45, 7) is 4.68. The molecule has 1 aliphatic heterocycles. The number of aromatic nitrogens is 3. The molecule has 0 unspecified atom stereocenters. The molecule has 1 fully saturated rings. The average molecular weight is 1620 g/mol. The lowest BCUT2D eigenvalue weighted by Crippen LogP contribution is -2.61. The highest BCUT2D eigenvalue weighted by atomic mass is 33.1. The van der Waals surface area contributed by atoms with E-state index in [0.29, 0.717) is 48.8 Å². The third-order valence-electron chi connectivity index (χ3n) is 17.8. The highest BCUT2D eigenvalue weighted by molar-refractivity contribution is 8.76. The van der Waals surface area contributed by atoms with Gasteiger partial charge in [-0.25, -0.2) is 9.18 Å². The summed E-state index contributed by atoms with van der Waals surface area (Å²) in [4.78, 5) is 177. The van der Waals surface area contributed by atoms with Crippen LogP contribution in [0.25, 0.3) is 23.1 Å². The Morgan fingerprint density at radius 1 is 0.673 bits per heavy atom. The van der Waals surface area contributed by atoms with Crippen LogP contribution in [-0.2, 0) is 60.1 Å². The summed E-state index contributed by atoms with van der Waals surface area (Å²) in [5.41, 5.74) is 26.4. The molecule has 1 aliphatic rings. The minimum atomic E-state index is -1.72. The quantitative estimate of drug-likeness (QED) is 0.0216. The summed E-state index contributed by atoms with van der Waals surface area (Å²) >= 11 is 1.30. The molecule has 113 heavy (non-hydrogen) atoms. The Morgan fingerprint density at radius 3 is 1.90 bits per heavy atom. The first-order valence-corrected chi connectivity index (χ1v) is 40.0. The van der Waals surface area contributed by atoms with Crippen molar-refractivity contribution < 1.29 is 72.1 Å². The first kappa shape index (κ1) is 89.8. The Labute approximate surface area is 665 Å². The van der Waals surface area contributed by atoms with E-state index in [2.05, 4.69) is 63.5 Å². The van der Waals surface area contributed by atoms with Gasteiger partial charge in [-0.15, -0.1) is 0 Å². The molecule has 6 aromatic rings. The van der Waals surface area contributed by atoms with Gasteiger partial charge in [-0.2, -0.15) is 9.78 Å². The number of carbonyl (C=O) groups is 12. The van der Waals surface area contributed by atoms with Crippen molar-refractivity contribution in [1.29, 1.82) is 0 Å². The van der Waals surface area contributed by atoms with Crippen LogP contribution in [0.5, 0.6) is 0 Å². The normalized spacial score (nSPS) is 19.6. The van der Waals surface area contributed by atoms with Crippen LogP contribution in [0, 0.1) is 11.7 Å². The smallest absolute Gasteiger partial charge is 0.349 e. The van der Waals surface area contributed by atoms with E-state index in [1.165, 1.54) is 51.8 Å². The number of halogens is 1. The Hall–Kier alpha value is -10.4. The number of nitrogens with zero attached hydrogens (tertiary/aromatic N) is 4. The largest absolute Gasteiger partial charge is 0.391 e. The van der Waals surface area contributed by atoms with Crippen molar-refractivity contribution in [2.75, 3.05) is 57.5 Å². The van der Waals surface area contributed by atoms with E-state index < -0.39 is 150 Å². The number of amides is 12. The zero-order chi connectivity index (χ0) is 82.4. The monoisotopic (exact) mass is 1620 g/mol. The van der Waals surface area contributed by atoms with Gasteiger partial charge in [0.05, 0.1) is 46.1 Å². The van der Waals surface area contributed by atoms with E-state index in [4.69, 9.17) is 28.0 Å². The molecule has 12 amide bonds. The molecule has 3 heterocycles. The molecule has 0 saturated carbocycles. The fourth-order valence-corrected chi connectivity index (χ4v) is 14.9. The number of aliphatic hydroxyl groups is 2. The lowest BCUT2D eigenvalue weighted by molar-refractivity contribution is -0.136. The number of hydrogen-bond acceptors (Lipinski definition) is 23. The molecule has 37 heteroatoms. The van der Waals surface area contributed by atoms with Crippen molar-refractivity contribution in [3.63, 3.8) is 0 Å². The lowest BCUT2D eigenvalue weighted by atomic mass is 10.00. The van der Waals surface area contributed by atoms with Crippen LogP contribution in [0.15, 0.2) is 125 Å². The Balaban J connectivity index is 1.08. The first-order valence-electron chi connectivity index (χ1n) is 36.7. The van der Waals surface area contributed by atoms with Crippen molar-refractivity contribution in [3.05, 3.63) is 149 Å². The van der Waals surface area contributed by atoms with Gasteiger partial charge in [0.15, 0.2) is 0 Å². The number of pyridine rings is 1. The van der Waals surface area contributed by atoms with Crippen molar-refractivity contribution in [3.8, 4) is 0 Å². The molecule has 0 aliphatic carbocycles. The fraction of sp³-hybridized carbons (Fsp3) is 0.421. The van der Waals surface area contributed by atoms with E-state index in [1.54, 1.807) is 117 Å². The molecule has 7 rings (SSSR count). The third kappa shape index (κ3) is 26.4. The van der Waals surface area contributed by atoms with Crippen molar-refractivity contribution in [2.45, 2.75) is 155 Å². The number of fused-ring (bicyclic) bond motifs is 1. The number of para-hydroxylation sites is 1. The topological polar surface area (TPSA) is 516 Å². The molecular weight excluding hydrogens is 1520 g/mol. The fourth-order valence-electron chi connectivity index (χ4n) is 12.0. The number of carbonyl (C=O) groups excluding carboxylic acids is 12. The second kappa shape index (κ2) is 44.8. The standard InChI is InChI=1S/C76H100FN19O14S3/c1-42(2)37-58-72(106)87-53(26-31-78)67(101)86-56(29-34-81)71(105)93-63(43(3)97)74(108)84-36-30-57(70(104)85-54(27-32-79)69(103)91-59(73(107)90-58)38-45-15-8-7-9-16-45)88-68(102)55(28-33-80)89-75(109)64(44(4)98)92-62(99)41-112-111-40-46-17-14-20-51(77)65(46)95(6)76(110)96-60-39-48(113-61-21-11-10-19-50(61)66(100)82-5)23-24-49(60)52(94-96)25-22-47-18-12-13-35-83-47/h7-25,35,39,42-44,53-59,63-64,97-98H,26-34,36-38,40-41,78-81H2,1-6H3,(H,82,100)(H,84,108)(H,85,104)(H,86,101)(H,87,106)(H,88,102)(H,89,109)(H,90,107)(H,91,103)(H,92,99)(H,93,105)/b25-22+/t43-,44-,53+,54+,55+,56+,57+,58+,59-,63+,64+/m1/s1. The van der Waals surface area contributed by atoms with Crippen molar-refractivity contribution in [2.24, 2.45) is 28.9 Å². The zero-order valence-corrected chi connectivity index (χ0v) is 65.9. The molecule has 21 N–H and O–H groups in total. The van der Waals surface area contributed by atoms with Crippen LogP contribution in [0.3, 0.4) is 0 Å². The maximum atomic E-state index is 16.2. The molecule has 2 aromatic heterocycles. The summed E-state index contributed by atoms with van der Waals surface area (Å²) < 4.78 is 17.4. The van der Waals surface area contributed by atoms with E-state index in [-0.39, 0.29) is 93.7 Å². The molecule has 0 radical (unpaired) electrons. The predicted molar refractivity (Wildman–Crippen MR) is 429 cm³/mol. The van der Waals surface area contributed by atoms with Crippen LogP contribution < -0.4 is 86.3 Å². The van der Waals surface area contributed by atoms with E-state index >= 15 is 4.39 Å². The van der Waals surface area contributed by atoms with E-state index in [9.17, 15) is 67.7 Å². The second-order valence-corrected chi connectivity index (χ2v) is 30.6. The summed E-state index contributed by atoms with van der Waals surface area (Å²) in [6, 6.07) is 16.0. The number of aliphatic hydroxyl groups excluding tert-OH is 2. The van der Waals surface area contributed by atoms with Crippen molar-refractivity contribution in [1.82, 2.24) is 73.2 Å². The minimum Gasteiger partial charge on any atom is -0.391 e. The third-order valence-corrected chi connectivity index (χ3v) is 21.1. The Bertz CT molecular complexity index is 4340. The highest BCUT2D eigenvalue weighted by Crippen LogP contribution is 2.36. The maximum absolute atomic E-state index is 16.2. The molecule has 0 bridgehead atoms. The first-order chi connectivity index (χ1) is 54.1. The van der Waals surface area contributed by atoms with Crippen LogP contribution in [0.2, 0.25) is 0 Å². The van der Waals surface area contributed by atoms with Gasteiger partial charge < -0.3 is 91.6 Å². The second-order valence-electron chi connectivity index (χ2n) is 27.0. The minimum absolute atomic E-state index is 0.0249. The van der Waals surface area contributed by atoms with Gasteiger partial charge >= 0.3 is 6.03 Å².